The number of hydrogen-bond acceptors (Lipinski definition) is 4. The van der Waals surface area contributed by atoms with Crippen molar-refractivity contribution in [3.63, 3.8) is 0 Å². The third-order valence-electron chi connectivity index (χ3n) is 2.63. The van der Waals surface area contributed by atoms with E-state index in [1.165, 1.54) is 11.3 Å². The molecule has 0 atom stereocenters. The number of hydrogen-bond donors (Lipinski definition) is 1. The van der Waals surface area contributed by atoms with Crippen LogP contribution in [0.5, 0.6) is 0 Å². The first kappa shape index (κ1) is 12.2. The first-order chi connectivity index (χ1) is 9.04. The zero-order valence-electron chi connectivity index (χ0n) is 10.1. The topological polar surface area (TPSA) is 63.5 Å². The number of rotatable bonds is 3. The quantitative estimate of drug-likeness (QED) is 0.807. The van der Waals surface area contributed by atoms with Gasteiger partial charge in [-0.25, -0.2) is 12.9 Å². The highest BCUT2D eigenvalue weighted by atomic mass is 32.2. The average Bonchev–Trinajstić information content (AvgIpc) is 2.96. The molecule has 3 aromatic heterocycles. The van der Waals surface area contributed by atoms with E-state index in [-0.39, 0.29) is 0 Å². The van der Waals surface area contributed by atoms with Crippen molar-refractivity contribution in [1.29, 1.82) is 0 Å². The molecule has 5 nitrogen and oxygen atoms in total. The summed E-state index contributed by atoms with van der Waals surface area (Å²) >= 11 is 1.25. The molecular formula is C12H11N3O2S2. The Hall–Kier alpha value is -1.86. The second-order valence-corrected chi connectivity index (χ2v) is 7.28. The minimum Gasteiger partial charge on any atom is -0.279 e. The summed E-state index contributed by atoms with van der Waals surface area (Å²) < 4.78 is 28.9. The molecule has 7 heteroatoms. The zero-order valence-corrected chi connectivity index (χ0v) is 11.7. The van der Waals surface area contributed by atoms with Crippen LogP contribution in [0.2, 0.25) is 0 Å². The lowest BCUT2D eigenvalue weighted by molar-refractivity contribution is 0.603. The van der Waals surface area contributed by atoms with E-state index in [4.69, 9.17) is 0 Å². The molecule has 0 aliphatic heterocycles. The van der Waals surface area contributed by atoms with E-state index in [9.17, 15) is 8.42 Å². The van der Waals surface area contributed by atoms with Gasteiger partial charge in [-0.15, -0.1) is 11.3 Å². The Labute approximate surface area is 114 Å². The lowest BCUT2D eigenvalue weighted by atomic mass is 10.4. The maximum absolute atomic E-state index is 12.2. The van der Waals surface area contributed by atoms with Gasteiger partial charge in [-0.05, 0) is 37.3 Å². The molecule has 0 aliphatic carbocycles. The maximum atomic E-state index is 12.2. The van der Waals surface area contributed by atoms with Crippen molar-refractivity contribution in [2.24, 2.45) is 0 Å². The SMILES string of the molecule is Cc1ccc(S(=O)(=O)Nc2ccn3nccc3c2)s1. The minimum absolute atomic E-state index is 0.318. The molecular weight excluding hydrogens is 282 g/mol. The summed E-state index contributed by atoms with van der Waals surface area (Å²) in [6, 6.07) is 8.63. The number of aryl methyl sites for hydroxylation is 1. The molecule has 0 amide bonds. The van der Waals surface area contributed by atoms with Crippen molar-refractivity contribution in [2.45, 2.75) is 11.1 Å². The van der Waals surface area contributed by atoms with Crippen LogP contribution in [0.15, 0.2) is 46.9 Å². The second-order valence-electron chi connectivity index (χ2n) is 4.09. The Balaban J connectivity index is 1.95. The van der Waals surface area contributed by atoms with Crippen molar-refractivity contribution in [3.8, 4) is 0 Å². The van der Waals surface area contributed by atoms with Crippen LogP contribution in [0.3, 0.4) is 0 Å². The molecule has 19 heavy (non-hydrogen) atoms. The summed E-state index contributed by atoms with van der Waals surface area (Å²) in [6.45, 7) is 1.88. The van der Waals surface area contributed by atoms with Gasteiger partial charge < -0.3 is 0 Å². The molecule has 0 bridgehead atoms. The van der Waals surface area contributed by atoms with Crippen molar-refractivity contribution >= 4 is 32.6 Å². The van der Waals surface area contributed by atoms with Crippen LogP contribution >= 0.6 is 11.3 Å². The molecule has 0 aliphatic rings. The smallest absolute Gasteiger partial charge is 0.271 e. The number of pyridine rings is 1. The summed E-state index contributed by atoms with van der Waals surface area (Å²) in [7, 11) is -3.51. The first-order valence-electron chi connectivity index (χ1n) is 5.57. The van der Waals surface area contributed by atoms with Gasteiger partial charge >= 0.3 is 0 Å². The summed E-state index contributed by atoms with van der Waals surface area (Å²) in [6.07, 6.45) is 3.38. The Morgan fingerprint density at radius 1 is 1.26 bits per heavy atom. The molecule has 0 saturated carbocycles. The fraction of sp³-hybridized carbons (Fsp3) is 0.0833. The monoisotopic (exact) mass is 293 g/mol. The summed E-state index contributed by atoms with van der Waals surface area (Å²) in [5.41, 5.74) is 1.36. The van der Waals surface area contributed by atoms with Gasteiger partial charge in [0, 0.05) is 17.3 Å². The van der Waals surface area contributed by atoms with Crippen LogP contribution in [0.25, 0.3) is 5.52 Å². The van der Waals surface area contributed by atoms with Gasteiger partial charge in [0.15, 0.2) is 0 Å². The number of nitrogens with zero attached hydrogens (tertiary/aromatic N) is 2. The zero-order chi connectivity index (χ0) is 13.5. The normalized spacial score (nSPS) is 11.8. The predicted molar refractivity (Wildman–Crippen MR) is 75.1 cm³/mol. The van der Waals surface area contributed by atoms with Crippen LogP contribution in [-0.4, -0.2) is 18.0 Å². The van der Waals surface area contributed by atoms with E-state index >= 15 is 0 Å². The van der Waals surface area contributed by atoms with E-state index < -0.39 is 10.0 Å². The van der Waals surface area contributed by atoms with Crippen LogP contribution in [-0.2, 0) is 10.0 Å². The largest absolute Gasteiger partial charge is 0.279 e. The molecule has 0 unspecified atom stereocenters. The molecule has 0 fully saturated rings. The third-order valence-corrected chi connectivity index (χ3v) is 5.51. The third kappa shape index (κ3) is 2.34. The van der Waals surface area contributed by atoms with E-state index in [1.54, 1.807) is 41.2 Å². The standard InChI is InChI=1S/C12H11N3O2S2/c1-9-2-3-12(18-9)19(16,17)14-10-5-7-15-11(8-10)4-6-13-15/h2-8,14H,1H3. The molecule has 98 valence electrons. The minimum atomic E-state index is -3.51. The number of sulfonamides is 1. The van der Waals surface area contributed by atoms with E-state index in [1.807, 2.05) is 13.0 Å². The number of aromatic nitrogens is 2. The fourth-order valence-corrected chi connectivity index (χ4v) is 4.08. The predicted octanol–water partition coefficient (Wildman–Crippen LogP) is 2.51. The van der Waals surface area contributed by atoms with Crippen molar-refractivity contribution in [1.82, 2.24) is 9.61 Å². The fourth-order valence-electron chi connectivity index (χ4n) is 1.75. The molecule has 3 aromatic rings. The van der Waals surface area contributed by atoms with Gasteiger partial charge in [0.05, 0.1) is 11.2 Å². The summed E-state index contributed by atoms with van der Waals surface area (Å²) in [4.78, 5) is 0.964. The number of nitrogens with one attached hydrogen (secondary N) is 1. The van der Waals surface area contributed by atoms with E-state index in [2.05, 4.69) is 9.82 Å². The van der Waals surface area contributed by atoms with Gasteiger partial charge in [0.2, 0.25) is 0 Å². The lowest BCUT2D eigenvalue weighted by Gasteiger charge is -2.06. The van der Waals surface area contributed by atoms with Gasteiger partial charge in [0.1, 0.15) is 4.21 Å². The highest BCUT2D eigenvalue weighted by Crippen LogP contribution is 2.23. The maximum Gasteiger partial charge on any atom is 0.271 e. The summed E-state index contributed by atoms with van der Waals surface area (Å²) in [5, 5.41) is 4.06. The van der Waals surface area contributed by atoms with Crippen LogP contribution in [0.1, 0.15) is 4.88 Å². The van der Waals surface area contributed by atoms with E-state index in [0.717, 1.165) is 10.4 Å². The molecule has 0 aromatic carbocycles. The highest BCUT2D eigenvalue weighted by Gasteiger charge is 2.16. The Kier molecular flexibility index (Phi) is 2.79. The molecule has 0 radical (unpaired) electrons. The van der Waals surface area contributed by atoms with Crippen LogP contribution < -0.4 is 4.72 Å². The number of fused-ring (bicyclic) bond motifs is 1. The Bertz CT molecular complexity index is 833. The molecule has 3 heterocycles. The number of thiophene rings is 1. The van der Waals surface area contributed by atoms with Crippen LogP contribution in [0, 0.1) is 6.92 Å². The highest BCUT2D eigenvalue weighted by molar-refractivity contribution is 7.94. The Morgan fingerprint density at radius 3 is 2.84 bits per heavy atom. The Morgan fingerprint density at radius 2 is 2.11 bits per heavy atom. The van der Waals surface area contributed by atoms with Gasteiger partial charge in [-0.1, -0.05) is 0 Å². The number of anilines is 1. The molecule has 1 N–H and O–H groups in total. The van der Waals surface area contributed by atoms with Crippen LogP contribution in [0.4, 0.5) is 5.69 Å². The van der Waals surface area contributed by atoms with Crippen molar-refractivity contribution in [3.05, 3.63) is 47.6 Å². The van der Waals surface area contributed by atoms with E-state index in [0.29, 0.717) is 9.90 Å². The molecule has 3 rings (SSSR count). The first-order valence-corrected chi connectivity index (χ1v) is 7.87. The second kappa shape index (κ2) is 4.36. The molecule has 0 spiro atoms. The summed E-state index contributed by atoms with van der Waals surface area (Å²) in [5.74, 6) is 0. The van der Waals surface area contributed by atoms with Gasteiger partial charge in [-0.2, -0.15) is 5.10 Å². The average molecular weight is 293 g/mol. The van der Waals surface area contributed by atoms with Gasteiger partial charge in [0.25, 0.3) is 10.0 Å². The van der Waals surface area contributed by atoms with Crippen molar-refractivity contribution < 1.29 is 8.42 Å². The van der Waals surface area contributed by atoms with Crippen molar-refractivity contribution in [2.75, 3.05) is 4.72 Å². The molecule has 0 saturated heterocycles. The van der Waals surface area contributed by atoms with Gasteiger partial charge in [-0.3, -0.25) is 4.72 Å². The lowest BCUT2D eigenvalue weighted by Crippen LogP contribution is -2.11.